The van der Waals surface area contributed by atoms with Crippen LogP contribution < -0.4 is 0 Å². The molecule has 0 unspecified atom stereocenters. The van der Waals surface area contributed by atoms with Gasteiger partial charge < -0.3 is 9.33 Å². The first-order valence-electron chi connectivity index (χ1n) is 10.7. The molecule has 0 atom stereocenters. The highest BCUT2D eigenvalue weighted by molar-refractivity contribution is 8.03. The van der Waals surface area contributed by atoms with Gasteiger partial charge >= 0.3 is 0 Å². The van der Waals surface area contributed by atoms with E-state index in [2.05, 4.69) is 61.6 Å². The van der Waals surface area contributed by atoms with Gasteiger partial charge in [0.25, 0.3) is 14.2 Å². The van der Waals surface area contributed by atoms with Crippen molar-refractivity contribution in [3.63, 3.8) is 0 Å². The normalized spacial score (nSPS) is 13.2. The van der Waals surface area contributed by atoms with Crippen molar-refractivity contribution in [2.45, 2.75) is 78.4 Å². The maximum absolute atomic E-state index is 13.4. The molecule has 1 aromatic carbocycles. The summed E-state index contributed by atoms with van der Waals surface area (Å²) in [6.07, 6.45) is 2.02. The fourth-order valence-electron chi connectivity index (χ4n) is 2.68. The Morgan fingerprint density at radius 2 is 1.62 bits per heavy atom. The van der Waals surface area contributed by atoms with Crippen molar-refractivity contribution in [2.24, 2.45) is 11.8 Å². The molecule has 0 aromatic heterocycles. The second-order valence-electron chi connectivity index (χ2n) is 10.1. The van der Waals surface area contributed by atoms with E-state index in [0.29, 0.717) is 11.8 Å². The highest BCUT2D eigenvalue weighted by Gasteiger charge is 2.39. The molecule has 164 valence electrons. The van der Waals surface area contributed by atoms with Crippen LogP contribution in [0.5, 0.6) is 0 Å². The molecule has 0 radical (unpaired) electrons. The molecular formula is C24H41NO2SSi. The third-order valence-corrected chi connectivity index (χ3v) is 10.8. The molecule has 1 aromatic rings. The molecule has 0 bridgehead atoms. The van der Waals surface area contributed by atoms with Crippen molar-refractivity contribution in [2.75, 3.05) is 13.1 Å². The number of carbonyl (C=O) groups excluding carboxylic acids is 1. The quantitative estimate of drug-likeness (QED) is 0.230. The standard InChI is InChI=1S/C24H41NO2SSi/c1-11-22(27-29(9,10)24(6,7)8)28-21-15-13-12-14-20(21)23(26)25(16-18(2)3)17-19(4)5/h11-15,18-19H,16-17H2,1-10H3/b22-11+. The SMILES string of the molecule is C/C=C(\O[Si](C)(C)C(C)(C)C)Sc1ccccc1C(=O)N(CC(C)C)CC(C)C. The predicted octanol–water partition coefficient (Wildman–Crippen LogP) is 7.42. The largest absolute Gasteiger partial charge is 0.539 e. The van der Waals surface area contributed by atoms with Crippen molar-refractivity contribution in [3.8, 4) is 0 Å². The molecule has 5 heteroatoms. The van der Waals surface area contributed by atoms with E-state index in [1.165, 1.54) is 0 Å². The van der Waals surface area contributed by atoms with E-state index >= 15 is 0 Å². The smallest absolute Gasteiger partial charge is 0.255 e. The number of benzene rings is 1. The number of nitrogens with zero attached hydrogens (tertiary/aromatic N) is 1. The summed E-state index contributed by atoms with van der Waals surface area (Å²) in [6, 6.07) is 7.91. The second kappa shape index (κ2) is 10.7. The lowest BCUT2D eigenvalue weighted by atomic mass is 10.1. The van der Waals surface area contributed by atoms with Gasteiger partial charge in [-0.25, -0.2) is 0 Å². The van der Waals surface area contributed by atoms with Crippen LogP contribution in [-0.2, 0) is 4.43 Å². The molecule has 0 fully saturated rings. The zero-order valence-electron chi connectivity index (χ0n) is 20.1. The minimum Gasteiger partial charge on any atom is -0.539 e. The van der Waals surface area contributed by atoms with E-state index in [-0.39, 0.29) is 10.9 Å². The van der Waals surface area contributed by atoms with Crippen LogP contribution in [0.4, 0.5) is 0 Å². The second-order valence-corrected chi connectivity index (χ2v) is 15.8. The van der Waals surface area contributed by atoms with Crippen LogP contribution in [0, 0.1) is 11.8 Å². The van der Waals surface area contributed by atoms with Gasteiger partial charge in [-0.1, -0.05) is 72.4 Å². The Hall–Kier alpha value is -1.20. The zero-order chi connectivity index (χ0) is 22.4. The Balaban J connectivity index is 3.15. The Labute approximate surface area is 184 Å². The number of carbonyl (C=O) groups is 1. The van der Waals surface area contributed by atoms with E-state index in [1.54, 1.807) is 11.8 Å². The van der Waals surface area contributed by atoms with Gasteiger partial charge in [-0.2, -0.15) is 0 Å². The van der Waals surface area contributed by atoms with Gasteiger partial charge in [0, 0.05) is 18.0 Å². The first kappa shape index (κ1) is 25.8. The summed E-state index contributed by atoms with van der Waals surface area (Å²) >= 11 is 1.57. The number of hydrogen-bond donors (Lipinski definition) is 0. The summed E-state index contributed by atoms with van der Waals surface area (Å²) in [5, 5.41) is 1.01. The molecule has 0 aliphatic rings. The minimum absolute atomic E-state index is 0.110. The monoisotopic (exact) mass is 435 g/mol. The maximum Gasteiger partial charge on any atom is 0.255 e. The molecule has 0 N–H and O–H groups in total. The molecule has 3 nitrogen and oxygen atoms in total. The lowest BCUT2D eigenvalue weighted by Crippen LogP contribution is -2.40. The van der Waals surface area contributed by atoms with Gasteiger partial charge in [-0.3, -0.25) is 4.79 Å². The van der Waals surface area contributed by atoms with Gasteiger partial charge in [0.05, 0.1) is 5.56 Å². The number of hydrogen-bond acceptors (Lipinski definition) is 3. The number of rotatable bonds is 9. The molecule has 0 saturated carbocycles. The van der Waals surface area contributed by atoms with E-state index < -0.39 is 8.32 Å². The number of thioether (sulfide) groups is 1. The summed E-state index contributed by atoms with van der Waals surface area (Å²) in [5.74, 6) is 0.981. The molecule has 0 aliphatic carbocycles. The minimum atomic E-state index is -1.94. The summed E-state index contributed by atoms with van der Waals surface area (Å²) in [7, 11) is -1.94. The van der Waals surface area contributed by atoms with Gasteiger partial charge in [0.2, 0.25) is 0 Å². The first-order valence-corrected chi connectivity index (χ1v) is 14.4. The fourth-order valence-corrected chi connectivity index (χ4v) is 5.14. The zero-order valence-corrected chi connectivity index (χ0v) is 21.9. The Morgan fingerprint density at radius 3 is 2.07 bits per heavy atom. The molecule has 0 spiro atoms. The van der Waals surface area contributed by atoms with E-state index in [4.69, 9.17) is 4.43 Å². The van der Waals surface area contributed by atoms with Crippen molar-refractivity contribution in [1.29, 1.82) is 0 Å². The Morgan fingerprint density at radius 1 is 1.10 bits per heavy atom. The molecule has 0 aliphatic heterocycles. The van der Waals surface area contributed by atoms with Gasteiger partial charge in [0.1, 0.15) is 5.09 Å². The number of allylic oxidation sites excluding steroid dienone is 1. The van der Waals surface area contributed by atoms with E-state index in [0.717, 1.165) is 28.6 Å². The molecule has 1 amide bonds. The fraction of sp³-hybridized carbons (Fsp3) is 0.625. The predicted molar refractivity (Wildman–Crippen MR) is 130 cm³/mol. The maximum atomic E-state index is 13.4. The van der Waals surface area contributed by atoms with Gasteiger partial charge in [0.15, 0.2) is 0 Å². The molecular weight excluding hydrogens is 394 g/mol. The molecule has 0 saturated heterocycles. The summed E-state index contributed by atoms with van der Waals surface area (Å²) in [5.41, 5.74) is 0.761. The van der Waals surface area contributed by atoms with Crippen molar-refractivity contribution < 1.29 is 9.22 Å². The van der Waals surface area contributed by atoms with E-state index in [9.17, 15) is 4.79 Å². The lowest BCUT2D eigenvalue weighted by Gasteiger charge is -2.37. The van der Waals surface area contributed by atoms with Crippen molar-refractivity contribution in [1.82, 2.24) is 4.90 Å². The first-order chi connectivity index (χ1) is 13.3. The van der Waals surface area contributed by atoms with Crippen LogP contribution in [0.3, 0.4) is 0 Å². The van der Waals surface area contributed by atoms with Gasteiger partial charge in [-0.05, 0) is 55.1 Å². The Bertz CT molecular complexity index is 695. The van der Waals surface area contributed by atoms with Crippen LogP contribution in [-0.4, -0.2) is 32.2 Å². The summed E-state index contributed by atoms with van der Waals surface area (Å²) < 4.78 is 6.52. The topological polar surface area (TPSA) is 29.5 Å². The Kier molecular flexibility index (Phi) is 9.54. The third kappa shape index (κ3) is 7.86. The lowest BCUT2D eigenvalue weighted by molar-refractivity contribution is 0.0711. The summed E-state index contributed by atoms with van der Waals surface area (Å²) in [4.78, 5) is 16.4. The van der Waals surface area contributed by atoms with Crippen LogP contribution in [0.15, 0.2) is 40.3 Å². The van der Waals surface area contributed by atoms with Crippen molar-refractivity contribution >= 4 is 26.0 Å². The third-order valence-electron chi connectivity index (χ3n) is 5.18. The van der Waals surface area contributed by atoms with Crippen LogP contribution in [0.1, 0.15) is 65.7 Å². The van der Waals surface area contributed by atoms with Crippen LogP contribution in [0.2, 0.25) is 18.1 Å². The molecule has 0 heterocycles. The van der Waals surface area contributed by atoms with Crippen LogP contribution >= 0.6 is 11.8 Å². The highest BCUT2D eigenvalue weighted by atomic mass is 32.2. The van der Waals surface area contributed by atoms with Crippen molar-refractivity contribution in [3.05, 3.63) is 41.0 Å². The highest BCUT2D eigenvalue weighted by Crippen LogP contribution is 2.41. The van der Waals surface area contributed by atoms with Gasteiger partial charge in [-0.15, -0.1) is 0 Å². The summed E-state index contributed by atoms with van der Waals surface area (Å²) in [6.45, 7) is 23.4. The molecule has 1 rings (SSSR count). The average Bonchev–Trinajstić information content (AvgIpc) is 2.58. The van der Waals surface area contributed by atoms with Crippen LogP contribution in [0.25, 0.3) is 0 Å². The number of amides is 1. The molecule has 29 heavy (non-hydrogen) atoms. The average molecular weight is 436 g/mol. The van der Waals surface area contributed by atoms with E-state index in [1.807, 2.05) is 42.2 Å².